The number of carbonyl (C=O) groups excluding carboxylic acids is 2. The molecule has 3 heterocycles. The van der Waals surface area contributed by atoms with Crippen molar-refractivity contribution >= 4 is 17.6 Å². The first-order valence-electron chi connectivity index (χ1n) is 11.0. The molecule has 32 heavy (non-hydrogen) atoms. The van der Waals surface area contributed by atoms with Crippen LogP contribution in [0.4, 0.5) is 10.2 Å². The molecule has 0 aliphatic carbocycles. The van der Waals surface area contributed by atoms with E-state index in [4.69, 9.17) is 14.7 Å². The Hall–Kier alpha value is -3.23. The highest BCUT2D eigenvalue weighted by molar-refractivity contribution is 5.78. The number of fused-ring (bicyclic) bond motifs is 1. The highest BCUT2D eigenvalue weighted by Crippen LogP contribution is 2.32. The van der Waals surface area contributed by atoms with Crippen LogP contribution in [-0.2, 0) is 22.6 Å². The van der Waals surface area contributed by atoms with Gasteiger partial charge in [0.25, 0.3) is 5.91 Å². The van der Waals surface area contributed by atoms with Crippen molar-refractivity contribution in [2.24, 2.45) is 0 Å². The Labute approximate surface area is 186 Å². The Morgan fingerprint density at radius 1 is 1.19 bits per heavy atom. The lowest BCUT2D eigenvalue weighted by Crippen LogP contribution is -2.42. The average molecular weight is 442 g/mol. The molecule has 1 atom stereocenters. The predicted molar refractivity (Wildman–Crippen MR) is 117 cm³/mol. The van der Waals surface area contributed by atoms with Crippen LogP contribution >= 0.6 is 0 Å². The third kappa shape index (κ3) is 4.66. The summed E-state index contributed by atoms with van der Waals surface area (Å²) < 4.78 is 18.7. The van der Waals surface area contributed by atoms with Gasteiger partial charge in [0, 0.05) is 39.0 Å². The van der Waals surface area contributed by atoms with Crippen LogP contribution in [0.5, 0.6) is 5.75 Å². The van der Waals surface area contributed by atoms with Crippen LogP contribution in [0.25, 0.3) is 0 Å². The van der Waals surface area contributed by atoms with Crippen molar-refractivity contribution in [3.05, 3.63) is 47.2 Å². The molecule has 2 aliphatic rings. The molecule has 4 rings (SSSR count). The first-order chi connectivity index (χ1) is 15.5. The summed E-state index contributed by atoms with van der Waals surface area (Å²) >= 11 is 0. The molecule has 0 saturated carbocycles. The predicted octanol–water partition coefficient (Wildman–Crippen LogP) is 2.69. The minimum absolute atomic E-state index is 0.0342. The Morgan fingerprint density at radius 3 is 2.69 bits per heavy atom. The monoisotopic (exact) mass is 441 g/mol. The van der Waals surface area contributed by atoms with Gasteiger partial charge < -0.3 is 19.9 Å². The zero-order valence-electron chi connectivity index (χ0n) is 18.4. The number of benzene rings is 1. The standard InChI is InChI=1S/C23H28FN5O3/c1-15(30)28-12-10-19-18(13-28)22(25-2)27-23(26-19)20-5-3-4-11-29(20)21(31)14-32-17-8-6-16(24)7-9-17/h6-9,20H,3-5,10-14H2,1-2H3,(H,25,26,27)/t20-/m0/s1. The molecule has 2 amide bonds. The molecule has 2 aromatic rings. The number of amides is 2. The van der Waals surface area contributed by atoms with Gasteiger partial charge in [-0.3, -0.25) is 9.59 Å². The summed E-state index contributed by atoms with van der Waals surface area (Å²) in [6.07, 6.45) is 3.34. The van der Waals surface area contributed by atoms with Gasteiger partial charge in [-0.1, -0.05) is 0 Å². The topological polar surface area (TPSA) is 87.7 Å². The number of ether oxygens (including phenoxy) is 1. The molecule has 170 valence electrons. The second-order valence-corrected chi connectivity index (χ2v) is 8.14. The maximum Gasteiger partial charge on any atom is 0.261 e. The maximum absolute atomic E-state index is 13.1. The summed E-state index contributed by atoms with van der Waals surface area (Å²) in [7, 11) is 1.80. The highest BCUT2D eigenvalue weighted by Gasteiger charge is 2.32. The van der Waals surface area contributed by atoms with Crippen LogP contribution in [0, 0.1) is 5.82 Å². The molecule has 1 aromatic heterocycles. The zero-order valence-corrected chi connectivity index (χ0v) is 18.4. The van der Waals surface area contributed by atoms with Crippen molar-refractivity contribution in [1.29, 1.82) is 0 Å². The molecule has 1 aromatic carbocycles. The van der Waals surface area contributed by atoms with Gasteiger partial charge >= 0.3 is 0 Å². The number of halogens is 1. The van der Waals surface area contributed by atoms with Crippen LogP contribution in [0.15, 0.2) is 24.3 Å². The van der Waals surface area contributed by atoms with Gasteiger partial charge in [0.05, 0.1) is 18.3 Å². The van der Waals surface area contributed by atoms with Crippen LogP contribution in [0.3, 0.4) is 0 Å². The van der Waals surface area contributed by atoms with Gasteiger partial charge in [-0.2, -0.15) is 0 Å². The molecule has 2 aliphatic heterocycles. The Balaban J connectivity index is 1.53. The van der Waals surface area contributed by atoms with E-state index in [1.807, 2.05) is 0 Å². The molecule has 0 spiro atoms. The lowest BCUT2D eigenvalue weighted by atomic mass is 10.00. The lowest BCUT2D eigenvalue weighted by molar-refractivity contribution is -0.137. The van der Waals surface area contributed by atoms with E-state index in [9.17, 15) is 14.0 Å². The number of likely N-dealkylation sites (tertiary alicyclic amines) is 1. The molecule has 0 radical (unpaired) electrons. The van der Waals surface area contributed by atoms with Crippen LogP contribution in [-0.4, -0.2) is 58.3 Å². The fourth-order valence-electron chi connectivity index (χ4n) is 4.32. The molecule has 8 nitrogen and oxygen atoms in total. The molecule has 1 saturated heterocycles. The third-order valence-electron chi connectivity index (χ3n) is 6.06. The molecule has 1 fully saturated rings. The van der Waals surface area contributed by atoms with Crippen molar-refractivity contribution < 1.29 is 18.7 Å². The summed E-state index contributed by atoms with van der Waals surface area (Å²) in [6, 6.07) is 5.39. The number of piperidine rings is 1. The number of hydrogen-bond acceptors (Lipinski definition) is 6. The highest BCUT2D eigenvalue weighted by atomic mass is 19.1. The molecular weight excluding hydrogens is 413 g/mol. The first kappa shape index (κ1) is 22.0. The quantitative estimate of drug-likeness (QED) is 0.768. The Bertz CT molecular complexity index is 981. The van der Waals surface area contributed by atoms with Crippen LogP contribution in [0.1, 0.15) is 49.3 Å². The van der Waals surface area contributed by atoms with E-state index in [-0.39, 0.29) is 30.3 Å². The normalized spacial score (nSPS) is 18.2. The third-order valence-corrected chi connectivity index (χ3v) is 6.06. The first-order valence-corrected chi connectivity index (χ1v) is 11.0. The van der Waals surface area contributed by atoms with Gasteiger partial charge in [-0.25, -0.2) is 14.4 Å². The van der Waals surface area contributed by atoms with Gasteiger partial charge in [-0.05, 0) is 43.5 Å². The van der Waals surface area contributed by atoms with E-state index in [0.717, 1.165) is 30.5 Å². The molecule has 0 unspecified atom stereocenters. The van der Waals surface area contributed by atoms with Crippen molar-refractivity contribution in [3.8, 4) is 5.75 Å². The van der Waals surface area contributed by atoms with Crippen molar-refractivity contribution in [1.82, 2.24) is 19.8 Å². The number of nitrogens with zero attached hydrogens (tertiary/aromatic N) is 4. The van der Waals surface area contributed by atoms with Crippen molar-refractivity contribution in [3.63, 3.8) is 0 Å². The molecular formula is C23H28FN5O3. The maximum atomic E-state index is 13.1. The van der Waals surface area contributed by atoms with E-state index < -0.39 is 0 Å². The van der Waals surface area contributed by atoms with Crippen molar-refractivity contribution in [2.75, 3.05) is 32.1 Å². The Kier molecular flexibility index (Phi) is 6.53. The second-order valence-electron chi connectivity index (χ2n) is 8.14. The van der Waals surface area contributed by atoms with E-state index in [1.54, 1.807) is 23.8 Å². The number of rotatable bonds is 5. The summed E-state index contributed by atoms with van der Waals surface area (Å²) in [5, 5.41) is 3.14. The fourth-order valence-corrected chi connectivity index (χ4v) is 4.32. The number of carbonyl (C=O) groups is 2. The van der Waals surface area contributed by atoms with Crippen LogP contribution < -0.4 is 10.1 Å². The zero-order chi connectivity index (χ0) is 22.7. The smallest absolute Gasteiger partial charge is 0.261 e. The van der Waals surface area contributed by atoms with E-state index in [2.05, 4.69) is 5.32 Å². The van der Waals surface area contributed by atoms with Gasteiger partial charge in [0.1, 0.15) is 17.4 Å². The summed E-state index contributed by atoms with van der Waals surface area (Å²) in [5.41, 5.74) is 1.86. The average Bonchev–Trinajstić information content (AvgIpc) is 2.82. The second kappa shape index (κ2) is 9.50. The van der Waals surface area contributed by atoms with Gasteiger partial charge in [-0.15, -0.1) is 0 Å². The van der Waals surface area contributed by atoms with Gasteiger partial charge in [0.15, 0.2) is 12.4 Å². The largest absolute Gasteiger partial charge is 0.484 e. The van der Waals surface area contributed by atoms with E-state index in [0.29, 0.717) is 43.4 Å². The molecule has 0 bridgehead atoms. The number of aromatic nitrogens is 2. The van der Waals surface area contributed by atoms with E-state index >= 15 is 0 Å². The fraction of sp³-hybridized carbons (Fsp3) is 0.478. The van der Waals surface area contributed by atoms with Gasteiger partial charge in [0.2, 0.25) is 5.91 Å². The van der Waals surface area contributed by atoms with Crippen LogP contribution in [0.2, 0.25) is 0 Å². The molecule has 1 N–H and O–H groups in total. The number of hydrogen-bond donors (Lipinski definition) is 1. The number of nitrogens with one attached hydrogen (secondary N) is 1. The summed E-state index contributed by atoms with van der Waals surface area (Å²) in [4.78, 5) is 38.0. The summed E-state index contributed by atoms with van der Waals surface area (Å²) in [6.45, 7) is 3.17. The van der Waals surface area contributed by atoms with Crippen molar-refractivity contribution in [2.45, 2.75) is 45.2 Å². The SMILES string of the molecule is CNc1nc([C@@H]2CCCCN2C(=O)COc2ccc(F)cc2)nc2c1CN(C(C)=O)CC2. The minimum Gasteiger partial charge on any atom is -0.484 e. The Morgan fingerprint density at radius 2 is 1.97 bits per heavy atom. The minimum atomic E-state index is -0.351. The summed E-state index contributed by atoms with van der Waals surface area (Å²) in [5.74, 6) is 1.32. The van der Waals surface area contributed by atoms with E-state index in [1.165, 1.54) is 24.3 Å². The number of anilines is 1. The lowest BCUT2D eigenvalue weighted by Gasteiger charge is -2.36. The molecule has 9 heteroatoms.